The number of amides is 1. The molecule has 1 atom stereocenters. The maximum atomic E-state index is 13.2. The summed E-state index contributed by atoms with van der Waals surface area (Å²) in [6.45, 7) is 7.18. The Morgan fingerprint density at radius 3 is 2.76 bits per heavy atom. The average Bonchev–Trinajstić information content (AvgIpc) is 3.22. The van der Waals surface area contributed by atoms with Gasteiger partial charge in [0.05, 0.1) is 17.4 Å². The van der Waals surface area contributed by atoms with Crippen LogP contribution in [0.1, 0.15) is 67.3 Å². The van der Waals surface area contributed by atoms with E-state index in [4.69, 9.17) is 4.74 Å². The van der Waals surface area contributed by atoms with E-state index in [1.807, 2.05) is 19.9 Å². The van der Waals surface area contributed by atoms with Crippen molar-refractivity contribution >= 4 is 50.9 Å². The molecule has 0 bridgehead atoms. The summed E-state index contributed by atoms with van der Waals surface area (Å²) in [4.78, 5) is 28.3. The van der Waals surface area contributed by atoms with E-state index in [1.54, 1.807) is 23.1 Å². The second kappa shape index (κ2) is 10.8. The summed E-state index contributed by atoms with van der Waals surface area (Å²) in [5, 5.41) is 4.59. The number of para-hydroxylation sites is 1. The van der Waals surface area contributed by atoms with E-state index in [9.17, 15) is 9.59 Å². The second-order valence-electron chi connectivity index (χ2n) is 8.44. The van der Waals surface area contributed by atoms with Gasteiger partial charge in [-0.1, -0.05) is 31.5 Å². The number of fused-ring (bicyclic) bond motifs is 2. The number of nitrogens with one attached hydrogen (secondary N) is 1. The molecule has 0 fully saturated rings. The van der Waals surface area contributed by atoms with Crippen LogP contribution in [0.4, 0.5) is 5.00 Å². The maximum absolute atomic E-state index is 13.2. The van der Waals surface area contributed by atoms with Gasteiger partial charge in [0.2, 0.25) is 5.91 Å². The molecule has 33 heavy (non-hydrogen) atoms. The number of thioether (sulfide) groups is 1. The first-order valence-corrected chi connectivity index (χ1v) is 13.6. The van der Waals surface area contributed by atoms with Crippen molar-refractivity contribution in [1.29, 1.82) is 0 Å². The van der Waals surface area contributed by atoms with Crippen LogP contribution in [0, 0.1) is 0 Å². The molecule has 7 heteroatoms. The van der Waals surface area contributed by atoms with E-state index in [2.05, 4.69) is 41.2 Å². The third-order valence-corrected chi connectivity index (χ3v) is 8.38. The number of rotatable bonds is 8. The Morgan fingerprint density at radius 1 is 1.18 bits per heavy atom. The first kappa shape index (κ1) is 23.9. The summed E-state index contributed by atoms with van der Waals surface area (Å²) in [5.41, 5.74) is 2.85. The second-order valence-corrected chi connectivity index (χ2v) is 10.9. The molecular formula is C26H32N2O3S2. The molecule has 2 aromatic heterocycles. The molecule has 1 amide bonds. The summed E-state index contributed by atoms with van der Waals surface area (Å²) in [6, 6.07) is 8.34. The zero-order valence-electron chi connectivity index (χ0n) is 19.6. The summed E-state index contributed by atoms with van der Waals surface area (Å²) in [6.07, 6.45) is 8.40. The highest BCUT2D eigenvalue weighted by atomic mass is 32.2. The lowest BCUT2D eigenvalue weighted by Crippen LogP contribution is -2.23. The van der Waals surface area contributed by atoms with Crippen LogP contribution in [-0.2, 0) is 28.9 Å². The number of anilines is 1. The van der Waals surface area contributed by atoms with Crippen molar-refractivity contribution < 1.29 is 14.3 Å². The van der Waals surface area contributed by atoms with Crippen LogP contribution in [0.5, 0.6) is 0 Å². The Hall–Kier alpha value is -2.25. The van der Waals surface area contributed by atoms with Gasteiger partial charge in [-0.05, 0) is 57.6 Å². The van der Waals surface area contributed by atoms with Gasteiger partial charge in [0.25, 0.3) is 0 Å². The number of benzene rings is 1. The van der Waals surface area contributed by atoms with Gasteiger partial charge in [0.15, 0.2) is 0 Å². The van der Waals surface area contributed by atoms with Gasteiger partial charge in [-0.15, -0.1) is 23.1 Å². The van der Waals surface area contributed by atoms with Crippen molar-refractivity contribution in [3.8, 4) is 0 Å². The monoisotopic (exact) mass is 484 g/mol. The van der Waals surface area contributed by atoms with E-state index in [0.29, 0.717) is 17.2 Å². The molecule has 4 rings (SSSR count). The van der Waals surface area contributed by atoms with E-state index in [1.165, 1.54) is 22.2 Å². The molecule has 0 saturated carbocycles. The molecule has 0 saturated heterocycles. The van der Waals surface area contributed by atoms with Crippen molar-refractivity contribution in [2.45, 2.75) is 76.0 Å². The van der Waals surface area contributed by atoms with Gasteiger partial charge in [0.1, 0.15) is 5.00 Å². The zero-order chi connectivity index (χ0) is 23.4. The number of ether oxygens (including phenoxy) is 1. The highest BCUT2D eigenvalue weighted by molar-refractivity contribution is 8.00. The molecule has 2 heterocycles. The molecular weight excluding hydrogens is 452 g/mol. The Morgan fingerprint density at radius 2 is 1.97 bits per heavy atom. The molecule has 0 spiro atoms. The molecule has 1 unspecified atom stereocenters. The number of esters is 1. The first-order valence-electron chi connectivity index (χ1n) is 11.9. The quantitative estimate of drug-likeness (QED) is 0.220. The standard InChI is InChI=1S/C26H32N2O3S2/c1-4-15-28-16-22(18-11-9-10-13-20(18)28)32-17(3)24(29)27-25-23(26(30)31-5-2)19-12-7-6-8-14-21(19)33-25/h9-11,13,16-17H,4-8,12,14-15H2,1-3H3,(H,27,29). The average molecular weight is 485 g/mol. The van der Waals surface area contributed by atoms with Crippen LogP contribution in [-0.4, -0.2) is 28.3 Å². The van der Waals surface area contributed by atoms with Crippen molar-refractivity contribution in [3.05, 3.63) is 46.5 Å². The smallest absolute Gasteiger partial charge is 0.341 e. The lowest BCUT2D eigenvalue weighted by molar-refractivity contribution is -0.115. The zero-order valence-corrected chi connectivity index (χ0v) is 21.2. The van der Waals surface area contributed by atoms with Gasteiger partial charge in [-0.25, -0.2) is 4.79 Å². The van der Waals surface area contributed by atoms with Crippen LogP contribution in [0.3, 0.4) is 0 Å². The fourth-order valence-electron chi connectivity index (χ4n) is 4.44. The minimum Gasteiger partial charge on any atom is -0.462 e. The largest absolute Gasteiger partial charge is 0.462 e. The summed E-state index contributed by atoms with van der Waals surface area (Å²) < 4.78 is 7.62. The molecule has 0 radical (unpaired) electrons. The fraction of sp³-hybridized carbons (Fsp3) is 0.462. The van der Waals surface area contributed by atoms with Gasteiger partial charge < -0.3 is 14.6 Å². The molecule has 176 valence electrons. The Labute approximate surface area is 203 Å². The van der Waals surface area contributed by atoms with Gasteiger partial charge >= 0.3 is 5.97 Å². The lowest BCUT2D eigenvalue weighted by atomic mass is 10.1. The van der Waals surface area contributed by atoms with Crippen molar-refractivity contribution in [2.75, 3.05) is 11.9 Å². The van der Waals surface area contributed by atoms with Gasteiger partial charge in [-0.2, -0.15) is 0 Å². The van der Waals surface area contributed by atoms with E-state index in [0.717, 1.165) is 49.1 Å². The van der Waals surface area contributed by atoms with E-state index < -0.39 is 0 Å². The molecule has 1 aromatic carbocycles. The van der Waals surface area contributed by atoms with E-state index >= 15 is 0 Å². The summed E-state index contributed by atoms with van der Waals surface area (Å²) in [7, 11) is 0. The third-order valence-electron chi connectivity index (χ3n) is 6.03. The minimum absolute atomic E-state index is 0.0886. The fourth-order valence-corrected chi connectivity index (χ4v) is 6.76. The molecule has 1 aliphatic rings. The maximum Gasteiger partial charge on any atom is 0.341 e. The van der Waals surface area contributed by atoms with Crippen LogP contribution >= 0.6 is 23.1 Å². The number of nitrogens with zero attached hydrogens (tertiary/aromatic N) is 1. The molecule has 0 aliphatic heterocycles. The van der Waals surface area contributed by atoms with E-state index in [-0.39, 0.29) is 17.1 Å². The Balaban J connectivity index is 1.56. The summed E-state index contributed by atoms with van der Waals surface area (Å²) >= 11 is 3.11. The number of aryl methyl sites for hydroxylation is 2. The van der Waals surface area contributed by atoms with Crippen molar-refractivity contribution in [2.24, 2.45) is 0 Å². The highest BCUT2D eigenvalue weighted by Crippen LogP contribution is 2.39. The molecule has 1 N–H and O–H groups in total. The van der Waals surface area contributed by atoms with Crippen molar-refractivity contribution in [3.63, 3.8) is 0 Å². The normalized spacial score (nSPS) is 14.5. The molecule has 5 nitrogen and oxygen atoms in total. The molecule has 1 aliphatic carbocycles. The number of carbonyl (C=O) groups excluding carboxylic acids is 2. The van der Waals surface area contributed by atoms with Gasteiger partial charge in [0, 0.05) is 33.4 Å². The summed E-state index contributed by atoms with van der Waals surface area (Å²) in [5.74, 6) is -0.413. The Kier molecular flexibility index (Phi) is 7.81. The third kappa shape index (κ3) is 5.14. The highest BCUT2D eigenvalue weighted by Gasteiger charge is 2.28. The number of hydrogen-bond acceptors (Lipinski definition) is 5. The predicted octanol–water partition coefficient (Wildman–Crippen LogP) is 6.68. The number of carbonyl (C=O) groups is 2. The molecule has 3 aromatic rings. The van der Waals surface area contributed by atoms with Crippen LogP contribution in [0.25, 0.3) is 10.9 Å². The lowest BCUT2D eigenvalue weighted by Gasteiger charge is -2.12. The number of hydrogen-bond donors (Lipinski definition) is 1. The Bertz CT molecular complexity index is 1150. The predicted molar refractivity (Wildman–Crippen MR) is 138 cm³/mol. The first-order chi connectivity index (χ1) is 16.0. The SMILES string of the molecule is CCCn1cc(SC(C)C(=O)Nc2sc3c(c2C(=O)OCC)CCCCC3)c2ccccc21. The topological polar surface area (TPSA) is 60.3 Å². The van der Waals surface area contributed by atoms with Crippen molar-refractivity contribution in [1.82, 2.24) is 4.57 Å². The number of thiophene rings is 1. The van der Waals surface area contributed by atoms with Crippen LogP contribution < -0.4 is 5.32 Å². The minimum atomic E-state index is -0.324. The van der Waals surface area contributed by atoms with Crippen LogP contribution in [0.15, 0.2) is 35.4 Å². The van der Waals surface area contributed by atoms with Crippen LogP contribution in [0.2, 0.25) is 0 Å². The van der Waals surface area contributed by atoms with Gasteiger partial charge in [-0.3, -0.25) is 4.79 Å². The number of aromatic nitrogens is 1.